The van der Waals surface area contributed by atoms with Crippen LogP contribution in [0, 0.1) is 6.92 Å². The average Bonchev–Trinajstić information content (AvgIpc) is 2.90. The van der Waals surface area contributed by atoms with Crippen LogP contribution in [0.2, 0.25) is 0 Å². The summed E-state index contributed by atoms with van der Waals surface area (Å²) in [5, 5.41) is 5.15. The zero-order valence-electron chi connectivity index (χ0n) is 13.2. The number of aryl methyl sites for hydroxylation is 1. The topological polar surface area (TPSA) is 62.3 Å². The SMILES string of the molecule is Cc1cncc2cccc(S(=O)(=O)N3CC4CCCC3CN4)c12. The highest BCUT2D eigenvalue weighted by molar-refractivity contribution is 7.89. The van der Waals surface area contributed by atoms with Crippen molar-refractivity contribution < 1.29 is 8.42 Å². The van der Waals surface area contributed by atoms with Gasteiger partial charge in [0.25, 0.3) is 0 Å². The predicted molar refractivity (Wildman–Crippen MR) is 89.8 cm³/mol. The van der Waals surface area contributed by atoms with Gasteiger partial charge >= 0.3 is 0 Å². The molecule has 0 spiro atoms. The minimum atomic E-state index is -3.50. The summed E-state index contributed by atoms with van der Waals surface area (Å²) in [4.78, 5) is 4.60. The van der Waals surface area contributed by atoms with Gasteiger partial charge in [0.05, 0.1) is 4.90 Å². The molecule has 122 valence electrons. The smallest absolute Gasteiger partial charge is 0.244 e. The van der Waals surface area contributed by atoms with Crippen molar-refractivity contribution >= 4 is 20.8 Å². The summed E-state index contributed by atoms with van der Waals surface area (Å²) < 4.78 is 28.5. The zero-order chi connectivity index (χ0) is 16.0. The van der Waals surface area contributed by atoms with Gasteiger partial charge in [0.1, 0.15) is 0 Å². The van der Waals surface area contributed by atoms with Gasteiger partial charge in [0.2, 0.25) is 10.0 Å². The minimum absolute atomic E-state index is 0.0659. The fourth-order valence-corrected chi connectivity index (χ4v) is 5.87. The molecular weight excluding hydrogens is 310 g/mol. The molecule has 0 aliphatic carbocycles. The van der Waals surface area contributed by atoms with Crippen LogP contribution in [-0.4, -0.2) is 42.9 Å². The standard InChI is InChI=1S/C17H21N3O2S/c1-12-8-18-9-13-4-2-7-16(17(12)13)23(21,22)20-11-14-5-3-6-15(20)10-19-14/h2,4,7-9,14-15,19H,3,5-6,10-11H2,1H3. The predicted octanol–water partition coefficient (Wildman–Crippen LogP) is 2.06. The number of rotatable bonds is 2. The second-order valence-corrected chi connectivity index (χ2v) is 8.43. The van der Waals surface area contributed by atoms with E-state index in [1.54, 1.807) is 22.8 Å². The van der Waals surface area contributed by atoms with Crippen LogP contribution >= 0.6 is 0 Å². The lowest BCUT2D eigenvalue weighted by molar-refractivity contribution is 0.243. The molecule has 2 bridgehead atoms. The Hall–Kier alpha value is -1.50. The Morgan fingerprint density at radius 3 is 3.00 bits per heavy atom. The zero-order valence-corrected chi connectivity index (χ0v) is 14.0. The molecule has 3 saturated heterocycles. The van der Waals surface area contributed by atoms with Crippen molar-refractivity contribution in [1.82, 2.24) is 14.6 Å². The molecule has 3 fully saturated rings. The van der Waals surface area contributed by atoms with Crippen molar-refractivity contribution in [2.45, 2.75) is 43.2 Å². The molecule has 2 unspecified atom stereocenters. The first-order valence-electron chi connectivity index (χ1n) is 8.16. The molecule has 3 aliphatic rings. The summed E-state index contributed by atoms with van der Waals surface area (Å²) in [5.41, 5.74) is 0.903. The van der Waals surface area contributed by atoms with Gasteiger partial charge in [0.15, 0.2) is 0 Å². The molecule has 1 aromatic heterocycles. The third-order valence-electron chi connectivity index (χ3n) is 5.06. The van der Waals surface area contributed by atoms with Crippen molar-refractivity contribution in [1.29, 1.82) is 0 Å². The van der Waals surface area contributed by atoms with E-state index in [0.29, 0.717) is 11.4 Å². The Kier molecular flexibility index (Phi) is 3.63. The Balaban J connectivity index is 1.87. The number of fused-ring (bicyclic) bond motifs is 5. The number of nitrogens with one attached hydrogen (secondary N) is 1. The fourth-order valence-electron chi connectivity index (χ4n) is 3.88. The molecule has 3 aliphatic heterocycles. The Labute approximate surface area is 136 Å². The van der Waals surface area contributed by atoms with E-state index in [4.69, 9.17) is 0 Å². The molecule has 1 aromatic carbocycles. The lowest BCUT2D eigenvalue weighted by Crippen LogP contribution is -2.56. The molecule has 6 heteroatoms. The Morgan fingerprint density at radius 2 is 2.13 bits per heavy atom. The highest BCUT2D eigenvalue weighted by Gasteiger charge is 2.39. The van der Waals surface area contributed by atoms with E-state index in [-0.39, 0.29) is 12.1 Å². The van der Waals surface area contributed by atoms with E-state index in [0.717, 1.165) is 42.1 Å². The van der Waals surface area contributed by atoms with Crippen LogP contribution in [0.25, 0.3) is 10.8 Å². The van der Waals surface area contributed by atoms with Crippen molar-refractivity contribution in [2.75, 3.05) is 13.1 Å². The molecule has 2 atom stereocenters. The summed E-state index contributed by atoms with van der Waals surface area (Å²) in [5.74, 6) is 0. The van der Waals surface area contributed by atoms with Crippen LogP contribution < -0.4 is 5.32 Å². The van der Waals surface area contributed by atoms with Gasteiger partial charge in [0, 0.05) is 48.3 Å². The highest BCUT2D eigenvalue weighted by Crippen LogP contribution is 2.32. The van der Waals surface area contributed by atoms with Gasteiger partial charge in [-0.05, 0) is 31.4 Å². The number of hydrogen-bond acceptors (Lipinski definition) is 4. The number of sulfonamides is 1. The van der Waals surface area contributed by atoms with Gasteiger partial charge in [-0.15, -0.1) is 0 Å². The van der Waals surface area contributed by atoms with E-state index in [2.05, 4.69) is 10.3 Å². The molecule has 5 rings (SSSR count). The van der Waals surface area contributed by atoms with Crippen molar-refractivity contribution in [3.63, 3.8) is 0 Å². The summed E-state index contributed by atoms with van der Waals surface area (Å²) >= 11 is 0. The van der Waals surface area contributed by atoms with Crippen LogP contribution in [0.3, 0.4) is 0 Å². The molecule has 5 nitrogen and oxygen atoms in total. The van der Waals surface area contributed by atoms with Gasteiger partial charge in [-0.2, -0.15) is 4.31 Å². The maximum Gasteiger partial charge on any atom is 0.244 e. The number of hydrogen-bond donors (Lipinski definition) is 1. The van der Waals surface area contributed by atoms with E-state index < -0.39 is 10.0 Å². The number of aromatic nitrogens is 1. The third kappa shape index (κ3) is 2.45. The lowest BCUT2D eigenvalue weighted by atomic mass is 10.1. The average molecular weight is 331 g/mol. The molecule has 0 saturated carbocycles. The summed E-state index contributed by atoms with van der Waals surface area (Å²) in [7, 11) is -3.50. The number of nitrogens with zero attached hydrogens (tertiary/aromatic N) is 2. The van der Waals surface area contributed by atoms with Crippen LogP contribution in [-0.2, 0) is 10.0 Å². The van der Waals surface area contributed by atoms with Crippen molar-refractivity contribution in [3.05, 3.63) is 36.2 Å². The third-order valence-corrected chi connectivity index (χ3v) is 7.02. The largest absolute Gasteiger partial charge is 0.311 e. The molecular formula is C17H21N3O2S. The van der Waals surface area contributed by atoms with Crippen molar-refractivity contribution in [3.8, 4) is 0 Å². The van der Waals surface area contributed by atoms with E-state index in [1.807, 2.05) is 19.1 Å². The second kappa shape index (κ2) is 5.54. The van der Waals surface area contributed by atoms with Crippen molar-refractivity contribution in [2.24, 2.45) is 0 Å². The van der Waals surface area contributed by atoms with Gasteiger partial charge in [-0.3, -0.25) is 4.98 Å². The van der Waals surface area contributed by atoms with Crippen LogP contribution in [0.4, 0.5) is 0 Å². The van der Waals surface area contributed by atoms with Gasteiger partial charge < -0.3 is 5.32 Å². The molecule has 0 radical (unpaired) electrons. The first-order chi connectivity index (χ1) is 11.1. The summed E-state index contributed by atoms with van der Waals surface area (Å²) in [6, 6.07) is 5.81. The first kappa shape index (κ1) is 15.1. The second-order valence-electron chi connectivity index (χ2n) is 6.58. The summed E-state index contributed by atoms with van der Waals surface area (Å²) in [6.07, 6.45) is 6.55. The first-order valence-corrected chi connectivity index (χ1v) is 9.60. The lowest BCUT2D eigenvalue weighted by Gasteiger charge is -2.36. The number of pyridine rings is 1. The number of benzene rings is 1. The van der Waals surface area contributed by atoms with Crippen LogP contribution in [0.5, 0.6) is 0 Å². The number of piperazine rings is 1. The van der Waals surface area contributed by atoms with Gasteiger partial charge in [-0.25, -0.2) is 8.42 Å². The maximum absolute atomic E-state index is 13.4. The van der Waals surface area contributed by atoms with Gasteiger partial charge in [-0.1, -0.05) is 18.6 Å². The Morgan fingerprint density at radius 1 is 1.26 bits per heavy atom. The van der Waals surface area contributed by atoms with E-state index in [1.165, 1.54) is 0 Å². The monoisotopic (exact) mass is 331 g/mol. The normalized spacial score (nSPS) is 25.6. The minimum Gasteiger partial charge on any atom is -0.311 e. The quantitative estimate of drug-likeness (QED) is 0.915. The molecule has 1 N–H and O–H groups in total. The fraction of sp³-hybridized carbons (Fsp3) is 0.471. The van der Waals surface area contributed by atoms with E-state index in [9.17, 15) is 8.42 Å². The highest BCUT2D eigenvalue weighted by atomic mass is 32.2. The molecule has 23 heavy (non-hydrogen) atoms. The van der Waals surface area contributed by atoms with E-state index >= 15 is 0 Å². The molecule has 0 amide bonds. The molecule has 4 heterocycles. The maximum atomic E-state index is 13.4. The van der Waals surface area contributed by atoms with Crippen LogP contribution in [0.15, 0.2) is 35.5 Å². The Bertz CT molecular complexity index is 841. The molecule has 2 aromatic rings. The summed E-state index contributed by atoms with van der Waals surface area (Å²) in [6.45, 7) is 3.26. The van der Waals surface area contributed by atoms with Crippen LogP contribution in [0.1, 0.15) is 24.8 Å².